The van der Waals surface area contributed by atoms with E-state index < -0.39 is 0 Å². The largest absolute Gasteiger partial charge is 0.316 e. The van der Waals surface area contributed by atoms with Crippen LogP contribution < -0.4 is 5.32 Å². The lowest BCUT2D eigenvalue weighted by atomic mass is 9.94. The first kappa shape index (κ1) is 11.6. The topological polar surface area (TPSA) is 29.1 Å². The van der Waals surface area contributed by atoms with E-state index in [4.69, 9.17) is 11.6 Å². The molecule has 1 aliphatic rings. The Morgan fingerprint density at radius 1 is 1.50 bits per heavy atom. The van der Waals surface area contributed by atoms with Crippen LogP contribution in [0.5, 0.6) is 0 Å². The minimum absolute atomic E-state index is 0.289. The van der Waals surface area contributed by atoms with Crippen LogP contribution in [0, 0.1) is 12.8 Å². The highest BCUT2D eigenvalue weighted by molar-refractivity contribution is 6.31. The highest BCUT2D eigenvalue weighted by Crippen LogP contribution is 2.20. The van der Waals surface area contributed by atoms with Crippen molar-refractivity contribution in [3.63, 3.8) is 0 Å². The Morgan fingerprint density at radius 2 is 2.25 bits per heavy atom. The zero-order chi connectivity index (χ0) is 11.5. The number of carbonyl (C=O) groups is 1. The Hall–Kier alpha value is -0.860. The summed E-state index contributed by atoms with van der Waals surface area (Å²) in [6.07, 6.45) is 1.15. The van der Waals surface area contributed by atoms with Crippen molar-refractivity contribution in [2.45, 2.75) is 19.8 Å². The minimum atomic E-state index is 0.289. The standard InChI is InChI=1S/C13H16ClNO/c1-9-2-3-11(13(14)4-9)6-12(16)5-10-7-15-8-10/h2-4,10,15H,5-8H2,1H3. The predicted molar refractivity (Wildman–Crippen MR) is 65.9 cm³/mol. The number of hydrogen-bond acceptors (Lipinski definition) is 2. The van der Waals surface area contributed by atoms with Gasteiger partial charge in [-0.15, -0.1) is 0 Å². The van der Waals surface area contributed by atoms with Gasteiger partial charge < -0.3 is 5.32 Å². The second-order valence-corrected chi connectivity index (χ2v) is 4.95. The van der Waals surface area contributed by atoms with Crippen molar-refractivity contribution in [1.82, 2.24) is 5.32 Å². The zero-order valence-corrected chi connectivity index (χ0v) is 10.2. The highest BCUT2D eigenvalue weighted by Gasteiger charge is 2.20. The highest BCUT2D eigenvalue weighted by atomic mass is 35.5. The van der Waals surface area contributed by atoms with Gasteiger partial charge in [0.2, 0.25) is 0 Å². The van der Waals surface area contributed by atoms with Crippen molar-refractivity contribution in [2.24, 2.45) is 5.92 Å². The van der Waals surface area contributed by atoms with Crippen molar-refractivity contribution in [1.29, 1.82) is 0 Å². The molecule has 0 atom stereocenters. The molecule has 86 valence electrons. The molecule has 1 N–H and O–H groups in total. The van der Waals surface area contributed by atoms with Gasteiger partial charge in [0.25, 0.3) is 0 Å². The SMILES string of the molecule is Cc1ccc(CC(=O)CC2CNC2)c(Cl)c1. The Bertz CT molecular complexity index is 399. The fourth-order valence-electron chi connectivity index (χ4n) is 1.90. The maximum absolute atomic E-state index is 11.8. The molecule has 16 heavy (non-hydrogen) atoms. The van der Waals surface area contributed by atoms with E-state index in [2.05, 4.69) is 5.32 Å². The molecule has 1 aliphatic heterocycles. The summed E-state index contributed by atoms with van der Waals surface area (Å²) >= 11 is 6.09. The fourth-order valence-corrected chi connectivity index (χ4v) is 2.20. The van der Waals surface area contributed by atoms with Crippen LogP contribution in [-0.4, -0.2) is 18.9 Å². The molecule has 0 radical (unpaired) electrons. The number of nitrogens with one attached hydrogen (secondary N) is 1. The van der Waals surface area contributed by atoms with Crippen LogP contribution in [0.4, 0.5) is 0 Å². The number of benzene rings is 1. The molecular formula is C13H16ClNO. The van der Waals surface area contributed by atoms with Gasteiger partial charge in [0.05, 0.1) is 0 Å². The molecule has 1 aromatic rings. The molecule has 2 nitrogen and oxygen atoms in total. The first-order valence-electron chi connectivity index (χ1n) is 5.62. The average Bonchev–Trinajstić information content (AvgIpc) is 2.16. The van der Waals surface area contributed by atoms with Crippen molar-refractivity contribution in [3.8, 4) is 0 Å². The van der Waals surface area contributed by atoms with Crippen LogP contribution in [-0.2, 0) is 11.2 Å². The van der Waals surface area contributed by atoms with E-state index in [0.29, 0.717) is 23.8 Å². The van der Waals surface area contributed by atoms with Crippen LogP contribution in [0.2, 0.25) is 5.02 Å². The lowest BCUT2D eigenvalue weighted by molar-refractivity contribution is -0.119. The van der Waals surface area contributed by atoms with E-state index in [1.807, 2.05) is 25.1 Å². The molecule has 0 saturated carbocycles. The number of hydrogen-bond donors (Lipinski definition) is 1. The van der Waals surface area contributed by atoms with E-state index in [-0.39, 0.29) is 5.78 Å². The third-order valence-corrected chi connectivity index (χ3v) is 3.33. The number of halogens is 1. The maximum Gasteiger partial charge on any atom is 0.137 e. The third-order valence-electron chi connectivity index (χ3n) is 2.98. The quantitative estimate of drug-likeness (QED) is 0.871. The second kappa shape index (κ2) is 4.98. The maximum atomic E-state index is 11.8. The monoisotopic (exact) mass is 237 g/mol. The van der Waals surface area contributed by atoms with Gasteiger partial charge in [0, 0.05) is 17.9 Å². The number of rotatable bonds is 4. The molecule has 3 heteroatoms. The lowest BCUT2D eigenvalue weighted by Crippen LogP contribution is -2.43. The Kier molecular flexibility index (Phi) is 3.62. The molecule has 0 amide bonds. The van der Waals surface area contributed by atoms with Gasteiger partial charge in [-0.05, 0) is 43.1 Å². The van der Waals surface area contributed by atoms with Crippen molar-refractivity contribution >= 4 is 17.4 Å². The van der Waals surface area contributed by atoms with Crippen molar-refractivity contribution < 1.29 is 4.79 Å². The second-order valence-electron chi connectivity index (χ2n) is 4.54. The summed E-state index contributed by atoms with van der Waals surface area (Å²) in [5.41, 5.74) is 2.08. The van der Waals surface area contributed by atoms with E-state index in [1.165, 1.54) is 0 Å². The van der Waals surface area contributed by atoms with Crippen LogP contribution in [0.15, 0.2) is 18.2 Å². The summed E-state index contributed by atoms with van der Waals surface area (Å²) in [5.74, 6) is 0.828. The fraction of sp³-hybridized carbons (Fsp3) is 0.462. The summed E-state index contributed by atoms with van der Waals surface area (Å²) in [6, 6.07) is 5.86. The normalized spacial score (nSPS) is 15.9. The molecule has 0 aliphatic carbocycles. The summed E-state index contributed by atoms with van der Waals surface area (Å²) < 4.78 is 0. The third kappa shape index (κ3) is 2.83. The molecule has 1 heterocycles. The van der Waals surface area contributed by atoms with Gasteiger partial charge in [-0.3, -0.25) is 4.79 Å². The van der Waals surface area contributed by atoms with E-state index in [0.717, 1.165) is 24.2 Å². The van der Waals surface area contributed by atoms with Crippen LogP contribution >= 0.6 is 11.6 Å². The smallest absolute Gasteiger partial charge is 0.137 e. The summed E-state index contributed by atoms with van der Waals surface area (Å²) in [4.78, 5) is 11.8. The molecule has 2 rings (SSSR count). The summed E-state index contributed by atoms with van der Waals surface area (Å²) in [7, 11) is 0. The van der Waals surface area contributed by atoms with Gasteiger partial charge in [-0.1, -0.05) is 23.7 Å². The number of aryl methyl sites for hydroxylation is 1. The van der Waals surface area contributed by atoms with Gasteiger partial charge >= 0.3 is 0 Å². The molecule has 0 bridgehead atoms. The Labute approximate surface area is 101 Å². The van der Waals surface area contributed by atoms with E-state index in [9.17, 15) is 4.79 Å². The molecule has 0 spiro atoms. The summed E-state index contributed by atoms with van der Waals surface area (Å²) in [6.45, 7) is 3.96. The number of Topliss-reactive ketones (excluding diaryl/α,β-unsaturated/α-hetero) is 1. The van der Waals surface area contributed by atoms with E-state index in [1.54, 1.807) is 0 Å². The average molecular weight is 238 g/mol. The molecule has 1 fully saturated rings. The number of carbonyl (C=O) groups excluding carboxylic acids is 1. The van der Waals surface area contributed by atoms with Gasteiger partial charge in [-0.25, -0.2) is 0 Å². The van der Waals surface area contributed by atoms with Gasteiger partial charge in [-0.2, -0.15) is 0 Å². The zero-order valence-electron chi connectivity index (χ0n) is 9.42. The first-order chi connectivity index (χ1) is 7.65. The van der Waals surface area contributed by atoms with Crippen LogP contribution in [0.25, 0.3) is 0 Å². The van der Waals surface area contributed by atoms with Crippen LogP contribution in [0.3, 0.4) is 0 Å². The molecule has 0 unspecified atom stereocenters. The molecule has 1 aromatic carbocycles. The number of ketones is 1. The molecule has 0 aromatic heterocycles. The predicted octanol–water partition coefficient (Wildman–Crippen LogP) is 2.37. The van der Waals surface area contributed by atoms with E-state index >= 15 is 0 Å². The summed E-state index contributed by atoms with van der Waals surface area (Å²) in [5, 5.41) is 3.88. The lowest BCUT2D eigenvalue weighted by Gasteiger charge is -2.26. The van der Waals surface area contributed by atoms with Crippen molar-refractivity contribution in [2.75, 3.05) is 13.1 Å². The van der Waals surface area contributed by atoms with Gasteiger partial charge in [0.15, 0.2) is 0 Å². The Balaban J connectivity index is 1.94. The first-order valence-corrected chi connectivity index (χ1v) is 6.00. The van der Waals surface area contributed by atoms with Crippen LogP contribution in [0.1, 0.15) is 17.5 Å². The molecule has 1 saturated heterocycles. The van der Waals surface area contributed by atoms with Gasteiger partial charge in [0.1, 0.15) is 5.78 Å². The molecular weight excluding hydrogens is 222 g/mol. The minimum Gasteiger partial charge on any atom is -0.316 e. The Morgan fingerprint density at radius 3 is 2.81 bits per heavy atom. The van der Waals surface area contributed by atoms with Crippen molar-refractivity contribution in [3.05, 3.63) is 34.3 Å².